The molecular formula is C14H16N2O. The van der Waals surface area contributed by atoms with Crippen molar-refractivity contribution in [3.05, 3.63) is 59.7 Å². The first-order valence-electron chi connectivity index (χ1n) is 5.73. The molecule has 2 rings (SSSR count). The van der Waals surface area contributed by atoms with Gasteiger partial charge in [0.2, 0.25) is 0 Å². The summed E-state index contributed by atoms with van der Waals surface area (Å²) in [5.74, 6) is 0.373. The zero-order valence-corrected chi connectivity index (χ0v) is 10.0. The van der Waals surface area contributed by atoms with Crippen molar-refractivity contribution < 1.29 is 5.11 Å². The van der Waals surface area contributed by atoms with Crippen molar-refractivity contribution in [2.24, 2.45) is 0 Å². The van der Waals surface area contributed by atoms with Crippen LogP contribution >= 0.6 is 0 Å². The van der Waals surface area contributed by atoms with Gasteiger partial charge in [0, 0.05) is 12.4 Å². The number of benzene rings is 1. The van der Waals surface area contributed by atoms with Gasteiger partial charge in [-0.3, -0.25) is 9.97 Å². The van der Waals surface area contributed by atoms with Crippen molar-refractivity contribution in [1.82, 2.24) is 9.97 Å². The van der Waals surface area contributed by atoms with Gasteiger partial charge in [-0.1, -0.05) is 38.1 Å². The summed E-state index contributed by atoms with van der Waals surface area (Å²) in [4.78, 5) is 8.13. The van der Waals surface area contributed by atoms with Crippen molar-refractivity contribution in [3.8, 4) is 0 Å². The fourth-order valence-corrected chi connectivity index (χ4v) is 1.90. The molecule has 0 saturated carbocycles. The quantitative estimate of drug-likeness (QED) is 0.878. The summed E-state index contributed by atoms with van der Waals surface area (Å²) >= 11 is 0. The van der Waals surface area contributed by atoms with Crippen LogP contribution in [-0.4, -0.2) is 15.1 Å². The molecule has 0 fully saturated rings. The molecule has 1 aromatic heterocycles. The number of hydrogen-bond acceptors (Lipinski definition) is 3. The Balaban J connectivity index is 2.41. The Bertz CT molecular complexity index is 483. The summed E-state index contributed by atoms with van der Waals surface area (Å²) < 4.78 is 0. The van der Waals surface area contributed by atoms with Crippen molar-refractivity contribution in [2.45, 2.75) is 25.9 Å². The van der Waals surface area contributed by atoms with Gasteiger partial charge < -0.3 is 5.11 Å². The van der Waals surface area contributed by atoms with Crippen molar-refractivity contribution >= 4 is 0 Å². The van der Waals surface area contributed by atoms with Crippen LogP contribution in [0.2, 0.25) is 0 Å². The van der Waals surface area contributed by atoms with Gasteiger partial charge in [0.1, 0.15) is 6.10 Å². The summed E-state index contributed by atoms with van der Waals surface area (Å²) in [6, 6.07) is 7.90. The molecule has 0 aliphatic heterocycles. The summed E-state index contributed by atoms with van der Waals surface area (Å²) in [6.07, 6.45) is 4.09. The summed E-state index contributed by atoms with van der Waals surface area (Å²) in [6.45, 7) is 4.23. The Hall–Kier alpha value is -1.74. The lowest BCUT2D eigenvalue weighted by molar-refractivity contribution is 0.213. The van der Waals surface area contributed by atoms with Crippen molar-refractivity contribution in [2.75, 3.05) is 0 Å². The zero-order chi connectivity index (χ0) is 12.3. The second-order valence-corrected chi connectivity index (χ2v) is 4.32. The van der Waals surface area contributed by atoms with Gasteiger partial charge >= 0.3 is 0 Å². The Morgan fingerprint density at radius 2 is 1.76 bits per heavy atom. The molecule has 17 heavy (non-hydrogen) atoms. The monoisotopic (exact) mass is 228 g/mol. The average molecular weight is 228 g/mol. The molecule has 0 radical (unpaired) electrons. The van der Waals surface area contributed by atoms with Gasteiger partial charge in [-0.2, -0.15) is 0 Å². The second-order valence-electron chi connectivity index (χ2n) is 4.32. The van der Waals surface area contributed by atoms with Gasteiger partial charge in [0.05, 0.1) is 11.9 Å². The standard InChI is InChI=1S/C14H16N2O/c1-10(2)11-5-3-4-6-12(11)14(17)13-9-15-7-8-16-13/h3-10,14,17H,1-2H3. The highest BCUT2D eigenvalue weighted by Crippen LogP contribution is 2.27. The predicted molar refractivity (Wildman–Crippen MR) is 66.6 cm³/mol. The predicted octanol–water partition coefficient (Wildman–Crippen LogP) is 2.68. The molecule has 2 aromatic rings. The smallest absolute Gasteiger partial charge is 0.123 e. The fraction of sp³-hybridized carbons (Fsp3) is 0.286. The van der Waals surface area contributed by atoms with E-state index >= 15 is 0 Å². The topological polar surface area (TPSA) is 46.0 Å². The zero-order valence-electron chi connectivity index (χ0n) is 10.0. The van der Waals surface area contributed by atoms with E-state index in [0.29, 0.717) is 11.6 Å². The summed E-state index contributed by atoms with van der Waals surface area (Å²) in [5, 5.41) is 10.3. The maximum Gasteiger partial charge on any atom is 0.123 e. The third kappa shape index (κ3) is 2.50. The van der Waals surface area contributed by atoms with E-state index in [1.165, 1.54) is 0 Å². The maximum absolute atomic E-state index is 10.3. The molecule has 3 nitrogen and oxygen atoms in total. The molecular weight excluding hydrogens is 212 g/mol. The number of aliphatic hydroxyl groups excluding tert-OH is 1. The molecule has 0 aliphatic carbocycles. The number of aromatic nitrogens is 2. The van der Waals surface area contributed by atoms with Crippen molar-refractivity contribution in [3.63, 3.8) is 0 Å². The first-order valence-corrected chi connectivity index (χ1v) is 5.73. The van der Waals surface area contributed by atoms with Gasteiger partial charge in [-0.15, -0.1) is 0 Å². The molecule has 0 saturated heterocycles. The van der Waals surface area contributed by atoms with Gasteiger partial charge in [0.15, 0.2) is 0 Å². The van der Waals surface area contributed by atoms with E-state index in [2.05, 4.69) is 23.8 Å². The van der Waals surface area contributed by atoms with E-state index in [9.17, 15) is 5.11 Å². The first-order chi connectivity index (χ1) is 8.20. The first kappa shape index (κ1) is 11.7. The molecule has 0 amide bonds. The molecule has 1 atom stereocenters. The van der Waals surface area contributed by atoms with Crippen LogP contribution in [-0.2, 0) is 0 Å². The Morgan fingerprint density at radius 1 is 1.06 bits per heavy atom. The number of nitrogens with zero attached hydrogens (tertiary/aromatic N) is 2. The van der Waals surface area contributed by atoms with Gasteiger partial charge in [-0.25, -0.2) is 0 Å². The Labute approximate surface area is 101 Å². The SMILES string of the molecule is CC(C)c1ccccc1C(O)c1cnccn1. The highest BCUT2D eigenvalue weighted by atomic mass is 16.3. The molecule has 1 heterocycles. The van der Waals surface area contributed by atoms with Gasteiger partial charge in [0.25, 0.3) is 0 Å². The molecule has 1 N–H and O–H groups in total. The average Bonchev–Trinajstić information content (AvgIpc) is 2.39. The summed E-state index contributed by atoms with van der Waals surface area (Å²) in [5.41, 5.74) is 2.63. The molecule has 3 heteroatoms. The Kier molecular flexibility index (Phi) is 3.49. The normalized spacial score (nSPS) is 12.7. The van der Waals surface area contributed by atoms with E-state index in [1.54, 1.807) is 18.6 Å². The molecule has 1 unspecified atom stereocenters. The molecule has 1 aromatic carbocycles. The minimum atomic E-state index is -0.706. The van der Waals surface area contributed by atoms with E-state index in [0.717, 1.165) is 11.1 Å². The van der Waals surface area contributed by atoms with E-state index in [4.69, 9.17) is 0 Å². The molecule has 0 spiro atoms. The van der Waals surface area contributed by atoms with Crippen LogP contribution in [0, 0.1) is 0 Å². The van der Waals surface area contributed by atoms with Crippen LogP contribution in [0.1, 0.15) is 42.7 Å². The van der Waals surface area contributed by atoms with E-state index < -0.39 is 6.10 Å². The van der Waals surface area contributed by atoms with Crippen molar-refractivity contribution in [1.29, 1.82) is 0 Å². The van der Waals surface area contributed by atoms with Crippen LogP contribution in [0.4, 0.5) is 0 Å². The highest BCUT2D eigenvalue weighted by molar-refractivity contribution is 5.34. The summed E-state index contributed by atoms with van der Waals surface area (Å²) in [7, 11) is 0. The lowest BCUT2D eigenvalue weighted by Crippen LogP contribution is -2.06. The van der Waals surface area contributed by atoms with Crippen LogP contribution in [0.15, 0.2) is 42.9 Å². The molecule has 0 aliphatic rings. The Morgan fingerprint density at radius 3 is 2.35 bits per heavy atom. The van der Waals surface area contributed by atoms with Crippen LogP contribution in [0.25, 0.3) is 0 Å². The third-order valence-corrected chi connectivity index (χ3v) is 2.78. The lowest BCUT2D eigenvalue weighted by atomic mass is 9.93. The van der Waals surface area contributed by atoms with E-state index in [1.807, 2.05) is 24.3 Å². The van der Waals surface area contributed by atoms with Crippen LogP contribution in [0.3, 0.4) is 0 Å². The molecule has 0 bridgehead atoms. The molecule has 88 valence electrons. The van der Waals surface area contributed by atoms with Crippen LogP contribution in [0.5, 0.6) is 0 Å². The highest BCUT2D eigenvalue weighted by Gasteiger charge is 2.16. The largest absolute Gasteiger partial charge is 0.382 e. The third-order valence-electron chi connectivity index (χ3n) is 2.78. The minimum Gasteiger partial charge on any atom is -0.382 e. The number of hydrogen-bond donors (Lipinski definition) is 1. The number of aliphatic hydroxyl groups is 1. The lowest BCUT2D eigenvalue weighted by Gasteiger charge is -2.17. The van der Waals surface area contributed by atoms with Gasteiger partial charge in [-0.05, 0) is 17.0 Å². The minimum absolute atomic E-state index is 0.373. The second kappa shape index (κ2) is 5.06. The van der Waals surface area contributed by atoms with Crippen LogP contribution < -0.4 is 0 Å². The van der Waals surface area contributed by atoms with E-state index in [-0.39, 0.29) is 0 Å². The maximum atomic E-state index is 10.3. The number of rotatable bonds is 3. The fourth-order valence-electron chi connectivity index (χ4n) is 1.90.